The van der Waals surface area contributed by atoms with Gasteiger partial charge < -0.3 is 16.2 Å². The Morgan fingerprint density at radius 1 is 1.33 bits per heavy atom. The number of nitrogens with one attached hydrogen (secondary N) is 1. The van der Waals surface area contributed by atoms with E-state index in [0.717, 1.165) is 0 Å². The van der Waals surface area contributed by atoms with Gasteiger partial charge in [0.05, 0.1) is 0 Å². The molecule has 1 unspecified atom stereocenters. The van der Waals surface area contributed by atoms with Crippen LogP contribution in [0.2, 0.25) is 0 Å². The molecule has 0 aromatic carbocycles. The first-order valence-corrected chi connectivity index (χ1v) is 4.71. The number of hydrogen-bond donors (Lipinski definition) is 3. The van der Waals surface area contributed by atoms with Gasteiger partial charge in [0.15, 0.2) is 0 Å². The molecule has 0 rings (SSSR count). The van der Waals surface area contributed by atoms with Crippen molar-refractivity contribution in [3.8, 4) is 0 Å². The van der Waals surface area contributed by atoms with E-state index in [1.165, 1.54) is 6.92 Å². The number of carboxylic acids is 1. The molecular formula is C9H18N2O4. The minimum absolute atomic E-state index is 0.0181. The average Bonchev–Trinajstić information content (AvgIpc) is 2.14. The van der Waals surface area contributed by atoms with Gasteiger partial charge in [-0.15, -0.1) is 0 Å². The van der Waals surface area contributed by atoms with Gasteiger partial charge in [-0.05, 0) is 6.42 Å². The molecule has 0 aliphatic heterocycles. The Labute approximate surface area is 88.8 Å². The number of carbonyl (C=O) groups is 3. The summed E-state index contributed by atoms with van der Waals surface area (Å²) in [6, 6.07) is -0.895. The van der Waals surface area contributed by atoms with E-state index in [1.807, 2.05) is 13.8 Å². The van der Waals surface area contributed by atoms with Crippen molar-refractivity contribution in [2.75, 3.05) is 0 Å². The van der Waals surface area contributed by atoms with Crippen molar-refractivity contribution in [3.63, 3.8) is 0 Å². The second-order valence-corrected chi connectivity index (χ2v) is 2.59. The van der Waals surface area contributed by atoms with Crippen LogP contribution in [0.25, 0.3) is 0 Å². The number of carbonyl (C=O) groups excluding carboxylic acids is 2. The molecule has 0 saturated heterocycles. The number of hydrogen-bond acceptors (Lipinski definition) is 3. The fourth-order valence-electron chi connectivity index (χ4n) is 0.799. The maximum atomic E-state index is 10.7. The molecule has 4 N–H and O–H groups in total. The highest BCUT2D eigenvalue weighted by Gasteiger charge is 2.16. The van der Waals surface area contributed by atoms with Crippen LogP contribution in [0.4, 0.5) is 0 Å². The maximum absolute atomic E-state index is 10.7. The molecule has 1 atom stereocenters. The molecule has 0 aliphatic rings. The summed E-state index contributed by atoms with van der Waals surface area (Å²) in [7, 11) is 0. The topological polar surface area (TPSA) is 109 Å². The molecule has 0 saturated carbocycles. The summed E-state index contributed by atoms with van der Waals surface area (Å²) in [4.78, 5) is 31.3. The lowest BCUT2D eigenvalue weighted by Gasteiger charge is -2.12. The van der Waals surface area contributed by atoms with Crippen LogP contribution in [0.3, 0.4) is 0 Å². The van der Waals surface area contributed by atoms with E-state index in [-0.39, 0.29) is 12.8 Å². The Bertz CT molecular complexity index is 228. The first-order valence-electron chi connectivity index (χ1n) is 4.71. The minimum atomic E-state index is -1.03. The van der Waals surface area contributed by atoms with Crippen LogP contribution in [0.15, 0.2) is 0 Å². The minimum Gasteiger partial charge on any atom is -0.481 e. The molecule has 0 aromatic heterocycles. The lowest BCUT2D eigenvalue weighted by molar-refractivity contribution is -0.137. The zero-order valence-electron chi connectivity index (χ0n) is 9.24. The van der Waals surface area contributed by atoms with Crippen LogP contribution in [0.1, 0.15) is 33.6 Å². The molecule has 0 bridgehead atoms. The van der Waals surface area contributed by atoms with Gasteiger partial charge in [-0.25, -0.2) is 0 Å². The first kappa shape index (κ1) is 15.9. The van der Waals surface area contributed by atoms with E-state index in [1.54, 1.807) is 0 Å². The van der Waals surface area contributed by atoms with Gasteiger partial charge in [-0.1, -0.05) is 13.8 Å². The smallest absolute Gasteiger partial charge is 0.303 e. The molecule has 6 heteroatoms. The highest BCUT2D eigenvalue weighted by molar-refractivity contribution is 5.86. The molecule has 0 aliphatic carbocycles. The zero-order chi connectivity index (χ0) is 12.4. The fourth-order valence-corrected chi connectivity index (χ4v) is 0.799. The van der Waals surface area contributed by atoms with Gasteiger partial charge in [0.25, 0.3) is 0 Å². The van der Waals surface area contributed by atoms with Crippen molar-refractivity contribution in [1.82, 2.24) is 5.32 Å². The van der Waals surface area contributed by atoms with E-state index >= 15 is 0 Å². The van der Waals surface area contributed by atoms with Crippen molar-refractivity contribution in [3.05, 3.63) is 0 Å². The fraction of sp³-hybridized carbons (Fsp3) is 0.667. The third-order valence-corrected chi connectivity index (χ3v) is 1.37. The first-order chi connectivity index (χ1) is 6.93. The number of rotatable bonds is 5. The summed E-state index contributed by atoms with van der Waals surface area (Å²) in [5.74, 6) is -2.16. The largest absolute Gasteiger partial charge is 0.481 e. The van der Waals surface area contributed by atoms with E-state index in [0.29, 0.717) is 0 Å². The lowest BCUT2D eigenvalue weighted by Crippen LogP contribution is -2.43. The molecule has 15 heavy (non-hydrogen) atoms. The number of aliphatic carboxylic acids is 1. The predicted molar refractivity (Wildman–Crippen MR) is 55.0 cm³/mol. The average molecular weight is 218 g/mol. The molecule has 6 nitrogen and oxygen atoms in total. The van der Waals surface area contributed by atoms with Crippen LogP contribution >= 0.6 is 0 Å². The van der Waals surface area contributed by atoms with Crippen molar-refractivity contribution < 1.29 is 19.5 Å². The van der Waals surface area contributed by atoms with Crippen molar-refractivity contribution >= 4 is 17.8 Å². The summed E-state index contributed by atoms with van der Waals surface area (Å²) >= 11 is 0. The van der Waals surface area contributed by atoms with E-state index < -0.39 is 23.8 Å². The standard InChI is InChI=1S/C7H12N2O4.C2H6/c1-4(10)9-5(7(8)13)2-3-6(11)12;1-2/h5H,2-3H2,1H3,(H2,8,13)(H,9,10)(H,11,12);1-2H3. The van der Waals surface area contributed by atoms with Gasteiger partial charge in [-0.3, -0.25) is 14.4 Å². The Morgan fingerprint density at radius 3 is 2.07 bits per heavy atom. The lowest BCUT2D eigenvalue weighted by atomic mass is 10.1. The molecule has 88 valence electrons. The number of primary amides is 1. The second-order valence-electron chi connectivity index (χ2n) is 2.59. The summed E-state index contributed by atoms with van der Waals surface area (Å²) in [5, 5.41) is 10.6. The molecule has 0 heterocycles. The second kappa shape index (κ2) is 8.98. The maximum Gasteiger partial charge on any atom is 0.303 e. The molecule has 0 aromatic rings. The third kappa shape index (κ3) is 10.3. The zero-order valence-corrected chi connectivity index (χ0v) is 9.24. The van der Waals surface area contributed by atoms with Crippen LogP contribution in [0, 0.1) is 0 Å². The molecule has 0 fully saturated rings. The summed E-state index contributed by atoms with van der Waals surface area (Å²) in [6.07, 6.45) is -0.182. The monoisotopic (exact) mass is 218 g/mol. The van der Waals surface area contributed by atoms with Gasteiger partial charge in [0.2, 0.25) is 11.8 Å². The molecule has 0 radical (unpaired) electrons. The van der Waals surface area contributed by atoms with E-state index in [9.17, 15) is 14.4 Å². The van der Waals surface area contributed by atoms with Crippen molar-refractivity contribution in [1.29, 1.82) is 0 Å². The van der Waals surface area contributed by atoms with Crippen molar-refractivity contribution in [2.45, 2.75) is 39.7 Å². The number of amides is 2. The summed E-state index contributed by atoms with van der Waals surface area (Å²) in [5.41, 5.74) is 4.92. The molecule has 0 spiro atoms. The summed E-state index contributed by atoms with van der Waals surface area (Å²) < 4.78 is 0. The van der Waals surface area contributed by atoms with Crippen molar-refractivity contribution in [2.24, 2.45) is 5.73 Å². The quantitative estimate of drug-likeness (QED) is 0.596. The summed E-state index contributed by atoms with van der Waals surface area (Å²) in [6.45, 7) is 5.23. The van der Waals surface area contributed by atoms with E-state index in [2.05, 4.69) is 5.32 Å². The third-order valence-electron chi connectivity index (χ3n) is 1.37. The Hall–Kier alpha value is -1.59. The highest BCUT2D eigenvalue weighted by atomic mass is 16.4. The van der Waals surface area contributed by atoms with Crippen LogP contribution in [-0.4, -0.2) is 28.9 Å². The predicted octanol–water partition coefficient (Wildman–Crippen LogP) is -0.133. The van der Waals surface area contributed by atoms with Crippen LogP contribution in [0.5, 0.6) is 0 Å². The molecular weight excluding hydrogens is 200 g/mol. The number of carboxylic acid groups (broad SMARTS) is 1. The Kier molecular flexibility index (Phi) is 9.50. The Balaban J connectivity index is 0. The van der Waals surface area contributed by atoms with Gasteiger partial charge in [0.1, 0.15) is 6.04 Å². The SMILES string of the molecule is CC.CC(=O)NC(CCC(=O)O)C(N)=O. The molecule has 2 amide bonds. The van der Waals surface area contributed by atoms with E-state index in [4.69, 9.17) is 10.8 Å². The van der Waals surface area contributed by atoms with Gasteiger partial charge in [0, 0.05) is 13.3 Å². The van der Waals surface area contributed by atoms with Gasteiger partial charge in [-0.2, -0.15) is 0 Å². The number of nitrogens with two attached hydrogens (primary N) is 1. The van der Waals surface area contributed by atoms with Gasteiger partial charge >= 0.3 is 5.97 Å². The highest BCUT2D eigenvalue weighted by Crippen LogP contribution is 1.96. The van der Waals surface area contributed by atoms with Crippen LogP contribution < -0.4 is 11.1 Å². The van der Waals surface area contributed by atoms with Crippen LogP contribution in [-0.2, 0) is 14.4 Å². The normalized spacial score (nSPS) is 10.6. The Morgan fingerprint density at radius 2 is 1.80 bits per heavy atom.